The van der Waals surface area contributed by atoms with Crippen molar-refractivity contribution in [3.63, 3.8) is 0 Å². The highest BCUT2D eigenvalue weighted by Crippen LogP contribution is 2.25. The molecule has 2 aromatic carbocycles. The molecule has 1 heterocycles. The standard InChI is InChI=1S/C21H26N2O5S/c1-27-18-5-3-16(4-6-18)15-22-21(24)17-11-13-23(14-12-17)29(25,26)20-9-7-19(28-2)8-10-20/h3-10,17H,11-15H2,1-2H3,(H,22,24). The van der Waals surface area contributed by atoms with Crippen LogP contribution in [0, 0.1) is 5.92 Å². The lowest BCUT2D eigenvalue weighted by Gasteiger charge is -2.30. The van der Waals surface area contributed by atoms with Gasteiger partial charge < -0.3 is 14.8 Å². The number of carbonyl (C=O) groups excluding carboxylic acids is 1. The molecule has 156 valence electrons. The largest absolute Gasteiger partial charge is 0.497 e. The molecule has 29 heavy (non-hydrogen) atoms. The van der Waals surface area contributed by atoms with Gasteiger partial charge >= 0.3 is 0 Å². The molecule has 0 saturated carbocycles. The Kier molecular flexibility index (Phi) is 6.76. The monoisotopic (exact) mass is 418 g/mol. The highest BCUT2D eigenvalue weighted by molar-refractivity contribution is 7.89. The summed E-state index contributed by atoms with van der Waals surface area (Å²) < 4.78 is 37.2. The number of amides is 1. The Labute approximate surface area is 171 Å². The fourth-order valence-electron chi connectivity index (χ4n) is 3.33. The number of methoxy groups -OCH3 is 2. The van der Waals surface area contributed by atoms with Gasteiger partial charge in [-0.15, -0.1) is 0 Å². The first-order chi connectivity index (χ1) is 13.9. The normalized spacial score (nSPS) is 15.7. The highest BCUT2D eigenvalue weighted by Gasteiger charge is 2.32. The molecule has 1 aliphatic rings. The van der Waals surface area contributed by atoms with Crippen LogP contribution in [0.3, 0.4) is 0 Å². The number of sulfonamides is 1. The molecule has 0 bridgehead atoms. The quantitative estimate of drug-likeness (QED) is 0.747. The van der Waals surface area contributed by atoms with Crippen molar-refractivity contribution in [1.29, 1.82) is 0 Å². The lowest BCUT2D eigenvalue weighted by molar-refractivity contribution is -0.126. The van der Waals surface area contributed by atoms with E-state index in [0.717, 1.165) is 11.3 Å². The lowest BCUT2D eigenvalue weighted by Crippen LogP contribution is -2.42. The zero-order chi connectivity index (χ0) is 20.9. The second kappa shape index (κ2) is 9.28. The predicted octanol–water partition coefficient (Wildman–Crippen LogP) is 2.42. The molecular formula is C21H26N2O5S. The third kappa shape index (κ3) is 5.07. The Morgan fingerprint density at radius 1 is 0.966 bits per heavy atom. The smallest absolute Gasteiger partial charge is 0.243 e. The molecule has 1 N–H and O–H groups in total. The Bertz CT molecular complexity index is 919. The van der Waals surface area contributed by atoms with Gasteiger partial charge in [-0.3, -0.25) is 4.79 Å². The summed E-state index contributed by atoms with van der Waals surface area (Å²) in [6.45, 7) is 1.09. The average molecular weight is 419 g/mol. The number of hydrogen-bond acceptors (Lipinski definition) is 5. The molecule has 0 radical (unpaired) electrons. The molecule has 1 fully saturated rings. The van der Waals surface area contributed by atoms with E-state index in [1.165, 1.54) is 11.4 Å². The number of ether oxygens (including phenoxy) is 2. The molecular weight excluding hydrogens is 392 g/mol. The summed E-state index contributed by atoms with van der Waals surface area (Å²) in [5.41, 5.74) is 0.985. The molecule has 0 aliphatic carbocycles. The van der Waals surface area contributed by atoms with Gasteiger partial charge in [0.25, 0.3) is 0 Å². The molecule has 3 rings (SSSR count). The van der Waals surface area contributed by atoms with Crippen molar-refractivity contribution in [2.45, 2.75) is 24.3 Å². The van der Waals surface area contributed by atoms with Crippen LogP contribution in [0.25, 0.3) is 0 Å². The third-order valence-electron chi connectivity index (χ3n) is 5.15. The number of benzene rings is 2. The molecule has 0 atom stereocenters. The number of nitrogens with one attached hydrogen (secondary N) is 1. The summed E-state index contributed by atoms with van der Waals surface area (Å²) in [7, 11) is -0.419. The summed E-state index contributed by atoms with van der Waals surface area (Å²) in [6, 6.07) is 13.9. The Hall–Kier alpha value is -2.58. The van der Waals surface area contributed by atoms with Crippen molar-refractivity contribution in [2.24, 2.45) is 5.92 Å². The van der Waals surface area contributed by atoms with E-state index in [4.69, 9.17) is 9.47 Å². The van der Waals surface area contributed by atoms with Crippen LogP contribution in [0.1, 0.15) is 18.4 Å². The van der Waals surface area contributed by atoms with E-state index in [1.54, 1.807) is 31.4 Å². The fraction of sp³-hybridized carbons (Fsp3) is 0.381. The molecule has 1 aliphatic heterocycles. The van der Waals surface area contributed by atoms with Crippen molar-refractivity contribution in [3.05, 3.63) is 54.1 Å². The minimum Gasteiger partial charge on any atom is -0.497 e. The predicted molar refractivity (Wildman–Crippen MR) is 109 cm³/mol. The molecule has 7 nitrogen and oxygen atoms in total. The maximum absolute atomic E-state index is 12.8. The highest BCUT2D eigenvalue weighted by atomic mass is 32.2. The number of piperidine rings is 1. The van der Waals surface area contributed by atoms with E-state index >= 15 is 0 Å². The Balaban J connectivity index is 1.52. The van der Waals surface area contributed by atoms with Crippen LogP contribution in [0.4, 0.5) is 0 Å². The van der Waals surface area contributed by atoms with Gasteiger partial charge in [0.15, 0.2) is 0 Å². The third-order valence-corrected chi connectivity index (χ3v) is 7.06. The van der Waals surface area contributed by atoms with Crippen molar-refractivity contribution in [2.75, 3.05) is 27.3 Å². The van der Waals surface area contributed by atoms with Gasteiger partial charge in [0.05, 0.1) is 19.1 Å². The van der Waals surface area contributed by atoms with Crippen molar-refractivity contribution >= 4 is 15.9 Å². The Morgan fingerprint density at radius 2 is 1.48 bits per heavy atom. The summed E-state index contributed by atoms with van der Waals surface area (Å²) in [5.74, 6) is 1.15. The van der Waals surface area contributed by atoms with E-state index in [-0.39, 0.29) is 16.7 Å². The van der Waals surface area contributed by atoms with Gasteiger partial charge in [0, 0.05) is 25.6 Å². The van der Waals surface area contributed by atoms with Gasteiger partial charge in [-0.1, -0.05) is 12.1 Å². The number of nitrogens with zero attached hydrogens (tertiary/aromatic N) is 1. The van der Waals surface area contributed by atoms with Crippen LogP contribution in [0.5, 0.6) is 11.5 Å². The van der Waals surface area contributed by atoms with Crippen LogP contribution in [-0.4, -0.2) is 45.9 Å². The van der Waals surface area contributed by atoms with Crippen LogP contribution < -0.4 is 14.8 Å². The zero-order valence-electron chi connectivity index (χ0n) is 16.6. The van der Waals surface area contributed by atoms with E-state index < -0.39 is 10.0 Å². The van der Waals surface area contributed by atoms with Crippen LogP contribution in [0.15, 0.2) is 53.4 Å². The van der Waals surface area contributed by atoms with E-state index in [9.17, 15) is 13.2 Å². The second-order valence-corrected chi connectivity index (χ2v) is 8.86. The maximum Gasteiger partial charge on any atom is 0.243 e. The van der Waals surface area contributed by atoms with E-state index in [2.05, 4.69) is 5.32 Å². The minimum absolute atomic E-state index is 0.0395. The first-order valence-corrected chi connectivity index (χ1v) is 10.9. The maximum atomic E-state index is 12.8. The van der Waals surface area contributed by atoms with Gasteiger partial charge in [0.2, 0.25) is 15.9 Å². The topological polar surface area (TPSA) is 84.9 Å². The van der Waals surface area contributed by atoms with Crippen molar-refractivity contribution < 1.29 is 22.7 Å². The Morgan fingerprint density at radius 3 is 2.00 bits per heavy atom. The lowest BCUT2D eigenvalue weighted by atomic mass is 9.97. The van der Waals surface area contributed by atoms with Crippen LogP contribution in [0.2, 0.25) is 0 Å². The SMILES string of the molecule is COc1ccc(CNC(=O)C2CCN(S(=O)(=O)c3ccc(OC)cc3)CC2)cc1. The summed E-state index contributed by atoms with van der Waals surface area (Å²) in [6.07, 6.45) is 1.01. The average Bonchev–Trinajstić information content (AvgIpc) is 2.78. The van der Waals surface area contributed by atoms with Gasteiger partial charge in [-0.25, -0.2) is 8.42 Å². The molecule has 0 aromatic heterocycles. The van der Waals surface area contributed by atoms with Crippen LogP contribution >= 0.6 is 0 Å². The number of rotatable bonds is 7. The van der Waals surface area contributed by atoms with Crippen LogP contribution in [-0.2, 0) is 21.4 Å². The zero-order valence-corrected chi connectivity index (χ0v) is 17.4. The summed E-state index contributed by atoms with van der Waals surface area (Å²) >= 11 is 0. The molecule has 2 aromatic rings. The number of hydrogen-bond donors (Lipinski definition) is 1. The first-order valence-electron chi connectivity index (χ1n) is 9.49. The molecule has 0 spiro atoms. The molecule has 1 amide bonds. The van der Waals surface area contributed by atoms with Gasteiger partial charge in [-0.05, 0) is 54.8 Å². The fourth-order valence-corrected chi connectivity index (χ4v) is 4.80. The van der Waals surface area contributed by atoms with E-state index in [1.807, 2.05) is 24.3 Å². The molecule has 8 heteroatoms. The minimum atomic E-state index is -3.56. The van der Waals surface area contributed by atoms with Gasteiger partial charge in [0.1, 0.15) is 11.5 Å². The van der Waals surface area contributed by atoms with Crippen molar-refractivity contribution in [1.82, 2.24) is 9.62 Å². The summed E-state index contributed by atoms with van der Waals surface area (Å²) in [5, 5.41) is 2.94. The van der Waals surface area contributed by atoms with Crippen molar-refractivity contribution in [3.8, 4) is 11.5 Å². The second-order valence-electron chi connectivity index (χ2n) is 6.92. The summed E-state index contributed by atoms with van der Waals surface area (Å²) in [4.78, 5) is 12.7. The van der Waals surface area contributed by atoms with Gasteiger partial charge in [-0.2, -0.15) is 4.31 Å². The molecule has 1 saturated heterocycles. The van der Waals surface area contributed by atoms with E-state index in [0.29, 0.717) is 38.2 Å². The molecule has 0 unspecified atom stereocenters. The first kappa shape index (κ1) is 21.1. The number of carbonyl (C=O) groups is 1.